The Hall–Kier alpha value is -2.49. The van der Waals surface area contributed by atoms with E-state index in [0.29, 0.717) is 32.2 Å². The van der Waals surface area contributed by atoms with Crippen molar-refractivity contribution in [1.29, 1.82) is 0 Å². The second kappa shape index (κ2) is 10.0. The molecule has 2 fully saturated rings. The van der Waals surface area contributed by atoms with Crippen molar-refractivity contribution in [2.24, 2.45) is 5.92 Å². The number of aromatic nitrogens is 3. The van der Waals surface area contributed by atoms with Crippen molar-refractivity contribution >= 4 is 18.3 Å². The van der Waals surface area contributed by atoms with Gasteiger partial charge in [-0.2, -0.15) is 5.10 Å². The molecule has 1 N–H and O–H groups in total. The van der Waals surface area contributed by atoms with Crippen molar-refractivity contribution in [3.63, 3.8) is 0 Å². The fraction of sp³-hybridized carbons (Fsp3) is 0.750. The van der Waals surface area contributed by atoms with Crippen molar-refractivity contribution in [3.05, 3.63) is 11.6 Å². The fourth-order valence-corrected chi connectivity index (χ4v) is 4.09. The SMILES string of the molecule is CCOCC(=O)N1CCC(C(=O)N2CCn3nc(C4CC4)nc3[C@H]2C)CC1.O=CO. The van der Waals surface area contributed by atoms with Crippen molar-refractivity contribution < 1.29 is 24.2 Å². The number of rotatable bonds is 5. The Balaban J connectivity index is 0.000000806. The zero-order chi connectivity index (χ0) is 21.7. The highest BCUT2D eigenvalue weighted by molar-refractivity contribution is 5.81. The van der Waals surface area contributed by atoms with Crippen molar-refractivity contribution in [2.45, 2.75) is 58.0 Å². The van der Waals surface area contributed by atoms with Gasteiger partial charge >= 0.3 is 0 Å². The molecule has 0 unspecified atom stereocenters. The molecule has 1 aromatic rings. The molecule has 0 bridgehead atoms. The molecule has 0 spiro atoms. The number of amides is 2. The van der Waals surface area contributed by atoms with Crippen molar-refractivity contribution in [2.75, 3.05) is 32.8 Å². The molecule has 1 saturated carbocycles. The normalized spacial score (nSPS) is 21.5. The first-order chi connectivity index (χ1) is 14.5. The van der Waals surface area contributed by atoms with Crippen LogP contribution in [0.4, 0.5) is 0 Å². The lowest BCUT2D eigenvalue weighted by Gasteiger charge is -2.38. The fourth-order valence-electron chi connectivity index (χ4n) is 4.09. The molecular weight excluding hydrogens is 390 g/mol. The lowest BCUT2D eigenvalue weighted by Crippen LogP contribution is -2.48. The van der Waals surface area contributed by atoms with E-state index in [1.807, 2.05) is 21.4 Å². The van der Waals surface area contributed by atoms with E-state index in [9.17, 15) is 9.59 Å². The summed E-state index contributed by atoms with van der Waals surface area (Å²) in [6, 6.07) is -0.0381. The first-order valence-corrected chi connectivity index (χ1v) is 10.7. The number of hydrogen-bond acceptors (Lipinski definition) is 6. The Kier molecular flexibility index (Phi) is 7.41. The first-order valence-electron chi connectivity index (χ1n) is 10.7. The van der Waals surface area contributed by atoms with Gasteiger partial charge in [-0.15, -0.1) is 0 Å². The molecule has 10 heteroatoms. The summed E-state index contributed by atoms with van der Waals surface area (Å²) < 4.78 is 7.19. The highest BCUT2D eigenvalue weighted by Crippen LogP contribution is 2.39. The number of likely N-dealkylation sites (tertiary alicyclic amines) is 1. The molecule has 3 heterocycles. The molecule has 3 aliphatic rings. The predicted octanol–water partition coefficient (Wildman–Crippen LogP) is 1.03. The van der Waals surface area contributed by atoms with Crippen LogP contribution in [0, 0.1) is 5.92 Å². The lowest BCUT2D eigenvalue weighted by molar-refractivity contribution is -0.144. The average molecular weight is 421 g/mol. The predicted molar refractivity (Wildman–Crippen MR) is 107 cm³/mol. The quantitative estimate of drug-likeness (QED) is 0.706. The Labute approximate surface area is 176 Å². The highest BCUT2D eigenvalue weighted by atomic mass is 16.5. The van der Waals surface area contributed by atoms with Crippen LogP contribution in [-0.2, 0) is 25.7 Å². The molecule has 2 amide bonds. The summed E-state index contributed by atoms with van der Waals surface area (Å²) in [6.45, 7) is 7.03. The molecule has 4 rings (SSSR count). The Morgan fingerprint density at radius 3 is 2.43 bits per heavy atom. The van der Waals surface area contributed by atoms with Gasteiger partial charge in [-0.25, -0.2) is 9.67 Å². The summed E-state index contributed by atoms with van der Waals surface area (Å²) in [5.74, 6) is 2.60. The largest absolute Gasteiger partial charge is 0.483 e. The summed E-state index contributed by atoms with van der Waals surface area (Å²) in [5, 5.41) is 11.5. The van der Waals surface area contributed by atoms with E-state index in [1.54, 1.807) is 0 Å². The maximum Gasteiger partial charge on any atom is 0.290 e. The minimum absolute atomic E-state index is 0.0130. The minimum Gasteiger partial charge on any atom is -0.483 e. The number of piperidine rings is 1. The van der Waals surface area contributed by atoms with E-state index in [4.69, 9.17) is 19.6 Å². The molecule has 0 aromatic carbocycles. The van der Waals surface area contributed by atoms with Gasteiger partial charge in [0, 0.05) is 38.1 Å². The van der Waals surface area contributed by atoms with Gasteiger partial charge in [0.1, 0.15) is 12.4 Å². The third-order valence-corrected chi connectivity index (χ3v) is 5.96. The summed E-state index contributed by atoms with van der Waals surface area (Å²) in [4.78, 5) is 42.1. The number of hydrogen-bond donors (Lipinski definition) is 1. The topological polar surface area (TPSA) is 118 Å². The summed E-state index contributed by atoms with van der Waals surface area (Å²) in [5.41, 5.74) is 0. The van der Waals surface area contributed by atoms with Crippen LogP contribution in [0.1, 0.15) is 63.1 Å². The van der Waals surface area contributed by atoms with E-state index in [-0.39, 0.29) is 36.9 Å². The molecule has 1 saturated heterocycles. The van der Waals surface area contributed by atoms with Gasteiger partial charge in [0.25, 0.3) is 6.47 Å². The number of carbonyl (C=O) groups is 3. The minimum atomic E-state index is -0.250. The van der Waals surface area contributed by atoms with Crippen molar-refractivity contribution in [3.8, 4) is 0 Å². The summed E-state index contributed by atoms with van der Waals surface area (Å²) >= 11 is 0. The third kappa shape index (κ3) is 4.97. The van der Waals surface area contributed by atoms with Gasteiger partial charge in [0.05, 0.1) is 12.6 Å². The molecule has 30 heavy (non-hydrogen) atoms. The van der Waals surface area contributed by atoms with Gasteiger partial charge < -0.3 is 19.6 Å². The molecular formula is C20H31N5O5. The monoisotopic (exact) mass is 421 g/mol. The summed E-state index contributed by atoms with van der Waals surface area (Å²) in [7, 11) is 0. The second-order valence-corrected chi connectivity index (χ2v) is 7.93. The van der Waals surface area contributed by atoms with Gasteiger partial charge in [0.15, 0.2) is 5.82 Å². The van der Waals surface area contributed by atoms with Gasteiger partial charge in [-0.3, -0.25) is 14.4 Å². The Morgan fingerprint density at radius 2 is 1.83 bits per heavy atom. The molecule has 1 aromatic heterocycles. The van der Waals surface area contributed by atoms with Gasteiger partial charge in [-0.05, 0) is 39.5 Å². The Morgan fingerprint density at radius 1 is 1.17 bits per heavy atom. The molecule has 166 valence electrons. The number of nitrogens with zero attached hydrogens (tertiary/aromatic N) is 5. The average Bonchev–Trinajstić information content (AvgIpc) is 3.51. The molecule has 0 radical (unpaired) electrons. The van der Waals surface area contributed by atoms with Crippen LogP contribution in [0.2, 0.25) is 0 Å². The van der Waals surface area contributed by atoms with Crippen LogP contribution in [-0.4, -0.2) is 80.8 Å². The third-order valence-electron chi connectivity index (χ3n) is 5.96. The first kappa shape index (κ1) is 22.2. The van der Waals surface area contributed by atoms with Crippen LogP contribution in [0.15, 0.2) is 0 Å². The number of fused-ring (bicyclic) bond motifs is 1. The standard InChI is InChI=1S/C19H29N5O3.CH2O2/c1-3-27-12-16(25)22-8-6-15(7-9-22)19(26)23-10-11-24-18(13(23)2)20-17(21-24)14-4-5-14;2-1-3/h13-15H,3-12H2,1-2H3;1H,(H,2,3)/t13-;/m1./s1. The number of ether oxygens (including phenoxy) is 1. The zero-order valence-electron chi connectivity index (χ0n) is 17.7. The Bertz CT molecular complexity index is 755. The summed E-state index contributed by atoms with van der Waals surface area (Å²) in [6.07, 6.45) is 3.81. The van der Waals surface area contributed by atoms with Crippen LogP contribution >= 0.6 is 0 Å². The lowest BCUT2D eigenvalue weighted by atomic mass is 9.94. The van der Waals surface area contributed by atoms with Crippen LogP contribution < -0.4 is 0 Å². The van der Waals surface area contributed by atoms with Crippen LogP contribution in [0.5, 0.6) is 0 Å². The van der Waals surface area contributed by atoms with E-state index >= 15 is 0 Å². The van der Waals surface area contributed by atoms with E-state index in [2.05, 4.69) is 12.0 Å². The smallest absolute Gasteiger partial charge is 0.290 e. The van der Waals surface area contributed by atoms with E-state index in [1.165, 1.54) is 12.8 Å². The highest BCUT2D eigenvalue weighted by Gasteiger charge is 2.37. The molecule has 10 nitrogen and oxygen atoms in total. The number of carbonyl (C=O) groups excluding carboxylic acids is 2. The van der Waals surface area contributed by atoms with Crippen molar-refractivity contribution in [1.82, 2.24) is 24.6 Å². The zero-order valence-corrected chi connectivity index (χ0v) is 17.7. The van der Waals surface area contributed by atoms with Gasteiger partial charge in [0.2, 0.25) is 11.8 Å². The maximum absolute atomic E-state index is 13.1. The van der Waals surface area contributed by atoms with Crippen LogP contribution in [0.25, 0.3) is 0 Å². The second-order valence-electron chi connectivity index (χ2n) is 7.93. The van der Waals surface area contributed by atoms with Gasteiger partial charge in [-0.1, -0.05) is 0 Å². The maximum atomic E-state index is 13.1. The van der Waals surface area contributed by atoms with E-state index < -0.39 is 0 Å². The van der Waals surface area contributed by atoms with E-state index in [0.717, 1.165) is 31.0 Å². The number of carboxylic acid groups (broad SMARTS) is 1. The molecule has 1 aliphatic carbocycles. The molecule has 1 atom stereocenters. The molecule has 2 aliphatic heterocycles. The van der Waals surface area contributed by atoms with Crippen LogP contribution in [0.3, 0.4) is 0 Å².